The summed E-state index contributed by atoms with van der Waals surface area (Å²) >= 11 is 3.28. The predicted octanol–water partition coefficient (Wildman–Crippen LogP) is 1.46. The molecule has 0 spiro atoms. The van der Waals surface area contributed by atoms with Gasteiger partial charge in [0.25, 0.3) is 0 Å². The monoisotopic (exact) mass is 321 g/mol. The molecule has 0 saturated carbocycles. The van der Waals surface area contributed by atoms with Crippen LogP contribution in [0, 0.1) is 6.92 Å². The molecule has 0 radical (unpaired) electrons. The van der Waals surface area contributed by atoms with Gasteiger partial charge in [-0.15, -0.1) is 0 Å². The van der Waals surface area contributed by atoms with Crippen LogP contribution in [-0.4, -0.2) is 31.3 Å². The number of halogens is 1. The topological polar surface area (TPSA) is 83.5 Å². The molecule has 0 aromatic heterocycles. The van der Waals surface area contributed by atoms with Gasteiger partial charge in [0.1, 0.15) is 6.61 Å². The summed E-state index contributed by atoms with van der Waals surface area (Å²) in [6.07, 6.45) is 0. The Labute approximate surface area is 108 Å². The van der Waals surface area contributed by atoms with Gasteiger partial charge in [0.05, 0.1) is 21.4 Å². The van der Waals surface area contributed by atoms with E-state index < -0.39 is 28.4 Å². The van der Waals surface area contributed by atoms with E-state index in [1.807, 2.05) is 6.92 Å². The lowest BCUT2D eigenvalue weighted by Crippen LogP contribution is -2.15. The van der Waals surface area contributed by atoms with Gasteiger partial charge in [0.2, 0.25) is 0 Å². The van der Waals surface area contributed by atoms with Crippen LogP contribution in [0.5, 0.6) is 0 Å². The van der Waals surface area contributed by atoms with E-state index in [-0.39, 0.29) is 0 Å². The van der Waals surface area contributed by atoms with E-state index in [2.05, 4.69) is 20.7 Å². The zero-order chi connectivity index (χ0) is 13.1. The summed E-state index contributed by atoms with van der Waals surface area (Å²) in [5.74, 6) is -1.36. The van der Waals surface area contributed by atoms with Crippen molar-refractivity contribution < 1.29 is 22.5 Å². The molecule has 1 aromatic rings. The number of hydrogen-bond donors (Lipinski definition) is 0. The molecule has 7 heteroatoms. The number of esters is 1. The Bertz CT molecular complexity index is 523. The van der Waals surface area contributed by atoms with Crippen LogP contribution in [0.4, 0.5) is 0 Å². The van der Waals surface area contributed by atoms with E-state index in [4.69, 9.17) is 0 Å². The highest BCUT2D eigenvalue weighted by atomic mass is 79.9. The number of hydrogen-bond acceptors (Lipinski definition) is 5. The van der Waals surface area contributed by atoms with Crippen molar-refractivity contribution in [3.63, 3.8) is 0 Å². The average molecular weight is 322 g/mol. The lowest BCUT2D eigenvalue weighted by atomic mass is 10.1. The Balaban J connectivity index is 2.61. The number of benzene rings is 1. The molecule has 0 atom stereocenters. The van der Waals surface area contributed by atoms with Crippen molar-refractivity contribution in [1.82, 2.24) is 0 Å². The van der Waals surface area contributed by atoms with Crippen LogP contribution >= 0.6 is 15.9 Å². The third-order valence-corrected chi connectivity index (χ3v) is 3.52. The first-order valence-corrected chi connectivity index (χ1v) is 7.03. The first-order chi connectivity index (χ1) is 7.79. The molecule has 0 unspecified atom stereocenters. The van der Waals surface area contributed by atoms with Gasteiger partial charge in [-0.05, 0) is 30.7 Å². The second-order valence-electron chi connectivity index (χ2n) is 3.36. The van der Waals surface area contributed by atoms with Gasteiger partial charge in [-0.1, -0.05) is 15.9 Å². The summed E-state index contributed by atoms with van der Waals surface area (Å²) in [6, 6.07) is 4.85. The molecule has 0 fully saturated rings. The SMILES string of the molecule is Cc1cc(C(=O)OCCS(=O)(=O)[O-])ccc1Br. The Hall–Kier alpha value is -0.920. The van der Waals surface area contributed by atoms with Crippen LogP contribution in [0.3, 0.4) is 0 Å². The summed E-state index contributed by atoms with van der Waals surface area (Å²) in [5.41, 5.74) is 1.17. The standard InChI is InChI=1S/C10H11BrO5S/c1-7-6-8(2-3-9(7)11)10(12)16-4-5-17(13,14)15/h2-3,6H,4-5H2,1H3,(H,13,14,15)/p-1. The van der Waals surface area contributed by atoms with Crippen LogP contribution in [0.25, 0.3) is 0 Å². The molecule has 1 aromatic carbocycles. The number of ether oxygens (including phenoxy) is 1. The maximum atomic E-state index is 11.5. The van der Waals surface area contributed by atoms with Crippen LogP contribution < -0.4 is 0 Å². The summed E-state index contributed by atoms with van der Waals surface area (Å²) in [7, 11) is -4.35. The number of carbonyl (C=O) groups is 1. The van der Waals surface area contributed by atoms with Gasteiger partial charge in [-0.25, -0.2) is 13.2 Å². The molecule has 1 rings (SSSR count). The molecule has 0 heterocycles. The second kappa shape index (κ2) is 5.61. The van der Waals surface area contributed by atoms with Crippen LogP contribution in [0.15, 0.2) is 22.7 Å². The maximum absolute atomic E-state index is 11.5. The minimum absolute atomic E-state index is 0.314. The average Bonchev–Trinajstić information content (AvgIpc) is 2.20. The lowest BCUT2D eigenvalue weighted by Gasteiger charge is -2.08. The zero-order valence-corrected chi connectivity index (χ0v) is 11.4. The van der Waals surface area contributed by atoms with Crippen molar-refractivity contribution in [1.29, 1.82) is 0 Å². The van der Waals surface area contributed by atoms with Crippen LogP contribution in [0.1, 0.15) is 15.9 Å². The molecule has 17 heavy (non-hydrogen) atoms. The van der Waals surface area contributed by atoms with Crippen molar-refractivity contribution >= 4 is 32.0 Å². The quantitative estimate of drug-likeness (QED) is 0.619. The van der Waals surface area contributed by atoms with Crippen molar-refractivity contribution in [2.45, 2.75) is 6.92 Å². The molecule has 0 aliphatic rings. The molecule has 0 amide bonds. The van der Waals surface area contributed by atoms with E-state index in [0.717, 1.165) is 10.0 Å². The molecule has 5 nitrogen and oxygen atoms in total. The lowest BCUT2D eigenvalue weighted by molar-refractivity contribution is 0.0528. The largest absolute Gasteiger partial charge is 0.748 e. The van der Waals surface area contributed by atoms with E-state index in [9.17, 15) is 17.8 Å². The third kappa shape index (κ3) is 4.84. The molecular formula is C10H10BrO5S-. The molecular weight excluding hydrogens is 312 g/mol. The predicted molar refractivity (Wildman–Crippen MR) is 63.7 cm³/mol. The van der Waals surface area contributed by atoms with Crippen molar-refractivity contribution in [2.24, 2.45) is 0 Å². The Kier molecular flexibility index (Phi) is 4.67. The smallest absolute Gasteiger partial charge is 0.338 e. The maximum Gasteiger partial charge on any atom is 0.338 e. The number of rotatable bonds is 4. The summed E-state index contributed by atoms with van der Waals surface area (Å²) < 4.78 is 36.4. The third-order valence-electron chi connectivity index (χ3n) is 1.96. The molecule has 0 bridgehead atoms. The van der Waals surface area contributed by atoms with E-state index in [0.29, 0.717) is 5.56 Å². The fourth-order valence-corrected chi connectivity index (χ4v) is 1.63. The second-order valence-corrected chi connectivity index (χ2v) is 5.74. The fourth-order valence-electron chi connectivity index (χ4n) is 1.09. The van der Waals surface area contributed by atoms with Gasteiger partial charge in [-0.2, -0.15) is 0 Å². The minimum atomic E-state index is -4.35. The Morgan fingerprint density at radius 3 is 2.65 bits per heavy atom. The van der Waals surface area contributed by atoms with E-state index >= 15 is 0 Å². The van der Waals surface area contributed by atoms with Gasteiger partial charge in [0, 0.05) is 4.47 Å². The highest BCUT2D eigenvalue weighted by Gasteiger charge is 2.08. The normalized spacial score (nSPS) is 11.2. The number of aryl methyl sites for hydroxylation is 1. The van der Waals surface area contributed by atoms with Crippen LogP contribution in [-0.2, 0) is 14.9 Å². The molecule has 0 N–H and O–H groups in total. The zero-order valence-electron chi connectivity index (χ0n) is 8.97. The molecule has 0 aliphatic heterocycles. The number of carbonyl (C=O) groups excluding carboxylic acids is 1. The van der Waals surface area contributed by atoms with Crippen LogP contribution in [0.2, 0.25) is 0 Å². The van der Waals surface area contributed by atoms with Gasteiger partial charge in [0.15, 0.2) is 0 Å². The van der Waals surface area contributed by atoms with Crippen molar-refractivity contribution in [3.05, 3.63) is 33.8 Å². The first-order valence-electron chi connectivity index (χ1n) is 4.66. The van der Waals surface area contributed by atoms with Gasteiger partial charge in [-0.3, -0.25) is 0 Å². The van der Waals surface area contributed by atoms with E-state index in [1.54, 1.807) is 18.2 Å². The summed E-state index contributed by atoms with van der Waals surface area (Å²) in [6.45, 7) is 1.38. The van der Waals surface area contributed by atoms with Crippen molar-refractivity contribution in [2.75, 3.05) is 12.4 Å². The molecule has 94 valence electrons. The summed E-state index contributed by atoms with van der Waals surface area (Å²) in [4.78, 5) is 11.5. The van der Waals surface area contributed by atoms with Gasteiger partial charge >= 0.3 is 5.97 Å². The highest BCUT2D eigenvalue weighted by molar-refractivity contribution is 9.10. The van der Waals surface area contributed by atoms with Crippen molar-refractivity contribution in [3.8, 4) is 0 Å². The Morgan fingerprint density at radius 1 is 1.47 bits per heavy atom. The van der Waals surface area contributed by atoms with Gasteiger partial charge < -0.3 is 9.29 Å². The summed E-state index contributed by atoms with van der Waals surface area (Å²) in [5, 5.41) is 0. The molecule has 0 saturated heterocycles. The van der Waals surface area contributed by atoms with E-state index in [1.165, 1.54) is 0 Å². The Morgan fingerprint density at radius 2 is 2.12 bits per heavy atom. The highest BCUT2D eigenvalue weighted by Crippen LogP contribution is 2.17. The fraction of sp³-hybridized carbons (Fsp3) is 0.300. The minimum Gasteiger partial charge on any atom is -0.748 e. The first kappa shape index (κ1) is 14.1. The molecule has 0 aliphatic carbocycles.